The van der Waals surface area contributed by atoms with Crippen LogP contribution in [0.2, 0.25) is 0 Å². The molecule has 0 aliphatic heterocycles. The van der Waals surface area contributed by atoms with E-state index in [0.29, 0.717) is 0 Å². The van der Waals surface area contributed by atoms with Crippen molar-refractivity contribution in [2.45, 2.75) is 28.8 Å². The molecule has 1 fully saturated rings. The second-order valence-corrected chi connectivity index (χ2v) is 5.32. The van der Waals surface area contributed by atoms with Crippen LogP contribution in [0.3, 0.4) is 0 Å². The molecule has 1 N–H and O–H groups in total. The molecule has 1 aliphatic carbocycles. The Morgan fingerprint density at radius 3 is 2.18 bits per heavy atom. The second-order valence-electron chi connectivity index (χ2n) is 3.18. The molecule has 0 bridgehead atoms. The number of rotatable bonds is 1. The van der Waals surface area contributed by atoms with E-state index >= 15 is 0 Å². The number of nitrogens with zero attached hydrogens (tertiary/aromatic N) is 1. The van der Waals surface area contributed by atoms with Crippen LogP contribution in [0.15, 0.2) is 10.5 Å². The highest BCUT2D eigenvalue weighted by molar-refractivity contribution is 9.09. The molecule has 4 atom stereocenters. The van der Waals surface area contributed by atoms with E-state index in [9.17, 15) is 22.0 Å². The first-order valence-corrected chi connectivity index (χ1v) is 5.92. The maximum Gasteiger partial charge on any atom is 0.447 e. The molecule has 1 saturated carbocycles. The maximum atomic E-state index is 13.5. The predicted octanol–water partition coefficient (Wildman–Crippen LogP) is 2.83. The number of halogens is 6. The highest BCUT2D eigenvalue weighted by Crippen LogP contribution is 2.44. The molecule has 4 unspecified atom stereocenters. The first-order chi connectivity index (χ1) is 7.69. The van der Waals surface area contributed by atoms with Crippen molar-refractivity contribution in [3.05, 3.63) is 10.5 Å². The third-order valence-corrected chi connectivity index (χ3v) is 3.85. The quantitative estimate of drug-likeness (QED) is 0.454. The summed E-state index contributed by atoms with van der Waals surface area (Å²) in [6.07, 6.45) is -6.29. The molecule has 17 heavy (non-hydrogen) atoms. The van der Waals surface area contributed by atoms with Crippen molar-refractivity contribution in [2.75, 3.05) is 0 Å². The molecule has 1 aliphatic rings. The first kappa shape index (κ1) is 14.7. The van der Waals surface area contributed by atoms with Crippen molar-refractivity contribution in [2.24, 2.45) is 0 Å². The third-order valence-electron chi connectivity index (χ3n) is 2.08. The highest BCUT2D eigenvalue weighted by atomic mass is 79.9. The van der Waals surface area contributed by atoms with Crippen LogP contribution in [0.1, 0.15) is 0 Å². The number of alkyl halides is 6. The number of aliphatic hydroxyl groups excluding tert-OH is 1. The van der Waals surface area contributed by atoms with Gasteiger partial charge in [-0.05, 0) is 11.8 Å². The summed E-state index contributed by atoms with van der Waals surface area (Å²) < 4.78 is 63.0. The Kier molecular flexibility index (Phi) is 4.43. The number of allylic oxidation sites excluding steroid dienone is 1. The van der Waals surface area contributed by atoms with E-state index in [0.717, 1.165) is 6.07 Å². The predicted molar refractivity (Wildman–Crippen MR) is 54.8 cm³/mol. The summed E-state index contributed by atoms with van der Waals surface area (Å²) in [5.74, 6) is 0. The number of hydrogen-bond acceptors (Lipinski definition) is 3. The number of nitriles is 1. The molecule has 0 heterocycles. The minimum absolute atomic E-state index is 0.883. The van der Waals surface area contributed by atoms with E-state index in [1.807, 2.05) is 0 Å². The lowest BCUT2D eigenvalue weighted by molar-refractivity contribution is -0.0321. The Balaban J connectivity index is 3.14. The molecule has 0 saturated heterocycles. The summed E-state index contributed by atoms with van der Waals surface area (Å²) in [6, 6.07) is 1.11. The van der Waals surface area contributed by atoms with Gasteiger partial charge in [-0.1, -0.05) is 15.9 Å². The molecule has 0 aromatic carbocycles. The largest absolute Gasteiger partial charge is 0.447 e. The van der Waals surface area contributed by atoms with Gasteiger partial charge in [0, 0.05) is 5.57 Å². The van der Waals surface area contributed by atoms with E-state index < -0.39 is 51.0 Å². The summed E-state index contributed by atoms with van der Waals surface area (Å²) >= 11 is 1.75. The molecule has 0 amide bonds. The van der Waals surface area contributed by atoms with Crippen molar-refractivity contribution in [1.82, 2.24) is 0 Å². The van der Waals surface area contributed by atoms with E-state index in [1.54, 1.807) is 0 Å². The molecule has 1 rings (SSSR count). The van der Waals surface area contributed by atoms with Gasteiger partial charge in [-0.3, -0.25) is 0 Å². The van der Waals surface area contributed by atoms with E-state index in [2.05, 4.69) is 15.9 Å². The molecule has 2 nitrogen and oxygen atoms in total. The Morgan fingerprint density at radius 1 is 1.35 bits per heavy atom. The zero-order valence-electron chi connectivity index (χ0n) is 7.88. The van der Waals surface area contributed by atoms with Gasteiger partial charge in [0.05, 0.1) is 9.73 Å². The van der Waals surface area contributed by atoms with Gasteiger partial charge in [0.15, 0.2) is 6.17 Å². The van der Waals surface area contributed by atoms with E-state index in [-0.39, 0.29) is 0 Å². The lowest BCUT2D eigenvalue weighted by Crippen LogP contribution is -2.24. The van der Waals surface area contributed by atoms with Gasteiger partial charge in [-0.15, -0.1) is 0 Å². The van der Waals surface area contributed by atoms with Crippen LogP contribution in [0.4, 0.5) is 22.0 Å². The monoisotopic (exact) mass is 337 g/mol. The van der Waals surface area contributed by atoms with Crippen LogP contribution in [-0.4, -0.2) is 33.9 Å². The minimum atomic E-state index is -4.81. The molecule has 0 aromatic rings. The lowest BCUT2D eigenvalue weighted by atomic mass is 10.2. The zero-order valence-corrected chi connectivity index (χ0v) is 10.3. The van der Waals surface area contributed by atoms with Gasteiger partial charge in [0.1, 0.15) is 18.3 Å². The van der Waals surface area contributed by atoms with Crippen LogP contribution < -0.4 is 0 Å². The SMILES string of the molecule is N#C/C(SC(F)(F)F)=C1\C(F)C(O)C(Br)C1F. The summed E-state index contributed by atoms with van der Waals surface area (Å²) in [5, 5.41) is 17.7. The van der Waals surface area contributed by atoms with Gasteiger partial charge in [-0.25, -0.2) is 8.78 Å². The minimum Gasteiger partial charge on any atom is -0.388 e. The number of aliphatic hydroxyl groups is 1. The first-order valence-electron chi connectivity index (χ1n) is 4.19. The van der Waals surface area contributed by atoms with E-state index in [4.69, 9.17) is 10.4 Å². The average molecular weight is 338 g/mol. The number of hydrogen-bond donors (Lipinski definition) is 1. The lowest BCUT2D eigenvalue weighted by Gasteiger charge is -2.10. The second kappa shape index (κ2) is 5.12. The summed E-state index contributed by atoms with van der Waals surface area (Å²) in [7, 11) is 0. The summed E-state index contributed by atoms with van der Waals surface area (Å²) in [5.41, 5.74) is -5.77. The normalized spacial score (nSPS) is 36.8. The van der Waals surface area contributed by atoms with Crippen molar-refractivity contribution in [1.29, 1.82) is 5.26 Å². The zero-order chi connectivity index (χ0) is 13.4. The van der Waals surface area contributed by atoms with Crippen LogP contribution in [-0.2, 0) is 0 Å². The summed E-state index contributed by atoms with van der Waals surface area (Å²) in [4.78, 5) is -2.46. The molecule has 0 radical (unpaired) electrons. The maximum absolute atomic E-state index is 13.5. The van der Waals surface area contributed by atoms with Crippen molar-refractivity contribution >= 4 is 27.7 Å². The van der Waals surface area contributed by atoms with Crippen LogP contribution in [0, 0.1) is 11.3 Å². The van der Waals surface area contributed by atoms with Crippen molar-refractivity contribution in [3.63, 3.8) is 0 Å². The molecular formula is C8H5BrF5NOS. The molecule has 9 heteroatoms. The Morgan fingerprint density at radius 2 is 1.88 bits per heavy atom. The molecular weight excluding hydrogens is 333 g/mol. The fraction of sp³-hybridized carbons (Fsp3) is 0.625. The van der Waals surface area contributed by atoms with Gasteiger partial charge in [0.25, 0.3) is 0 Å². The van der Waals surface area contributed by atoms with Crippen LogP contribution in [0.25, 0.3) is 0 Å². The van der Waals surface area contributed by atoms with Crippen molar-refractivity contribution in [3.8, 4) is 6.07 Å². The fourth-order valence-electron chi connectivity index (χ4n) is 1.35. The number of thioether (sulfide) groups is 1. The van der Waals surface area contributed by atoms with Crippen molar-refractivity contribution < 1.29 is 27.1 Å². The van der Waals surface area contributed by atoms with Gasteiger partial charge < -0.3 is 5.11 Å². The van der Waals surface area contributed by atoms with E-state index in [1.165, 1.54) is 0 Å². The van der Waals surface area contributed by atoms with Crippen LogP contribution >= 0.6 is 27.7 Å². The standard InChI is InChI=1S/C8H5BrF5NOS/c9-4-5(10)3(6(11)7(4)16)2(1-15)17-8(12,13)14/h4-7,16H/b3-2+. The van der Waals surface area contributed by atoms with Gasteiger partial charge in [0.2, 0.25) is 0 Å². The summed E-state index contributed by atoms with van der Waals surface area (Å²) in [6.45, 7) is 0. The van der Waals surface area contributed by atoms with Crippen LogP contribution in [0.5, 0.6) is 0 Å². The smallest absolute Gasteiger partial charge is 0.388 e. The Hall–Kier alpha value is -0.330. The molecule has 0 aromatic heterocycles. The Labute approximate surface area is 106 Å². The molecule has 0 spiro atoms. The fourth-order valence-corrected chi connectivity index (χ4v) is 2.53. The molecule has 96 valence electrons. The van der Waals surface area contributed by atoms with Gasteiger partial charge in [-0.2, -0.15) is 18.4 Å². The van der Waals surface area contributed by atoms with Gasteiger partial charge >= 0.3 is 5.51 Å². The third kappa shape index (κ3) is 3.11. The highest BCUT2D eigenvalue weighted by Gasteiger charge is 2.49. The topological polar surface area (TPSA) is 44.0 Å². The Bertz CT molecular complexity index is 363. The average Bonchev–Trinajstić information content (AvgIpc) is 2.40.